The van der Waals surface area contributed by atoms with E-state index < -0.39 is 35.7 Å². The summed E-state index contributed by atoms with van der Waals surface area (Å²) in [6, 6.07) is 24.2. The summed E-state index contributed by atoms with van der Waals surface area (Å²) in [5.74, 6) is -1.18. The first kappa shape index (κ1) is 41.7. The Labute approximate surface area is 359 Å². The third-order valence-electron chi connectivity index (χ3n) is 13.9. The third-order valence-corrected chi connectivity index (χ3v) is 13.9. The lowest BCUT2D eigenvalue weighted by atomic mass is 9.87. The minimum Gasteiger partial charge on any atom is -0.481 e. The summed E-state index contributed by atoms with van der Waals surface area (Å²) in [5, 5.41) is 43.0. The molecule has 0 spiro atoms. The molecule has 13 heteroatoms. The number of carboxylic acids is 3. The van der Waals surface area contributed by atoms with Gasteiger partial charge in [-0.2, -0.15) is 0 Å². The monoisotopic (exact) mass is 844 g/mol. The molecule has 3 aliphatic rings. The van der Waals surface area contributed by atoms with Crippen LogP contribution in [-0.4, -0.2) is 72.5 Å². The number of nitrogens with zero attached hydrogens (tertiary/aromatic N) is 1. The smallest absolute Gasteiger partial charge is 0.306 e. The minimum atomic E-state index is -0.771. The van der Waals surface area contributed by atoms with Crippen LogP contribution in [0.15, 0.2) is 86.0 Å². The van der Waals surface area contributed by atoms with Crippen molar-refractivity contribution in [1.29, 1.82) is 0 Å². The van der Waals surface area contributed by atoms with E-state index in [1.165, 1.54) is 0 Å². The van der Waals surface area contributed by atoms with Crippen molar-refractivity contribution < 1.29 is 43.0 Å². The average molecular weight is 845 g/mol. The van der Waals surface area contributed by atoms with E-state index in [4.69, 9.17) is 13.3 Å². The summed E-state index contributed by atoms with van der Waals surface area (Å²) in [6.07, 6.45) is 5.51. The van der Waals surface area contributed by atoms with Gasteiger partial charge in [-0.05, 0) is 150 Å². The molecule has 0 saturated carbocycles. The maximum Gasteiger partial charge on any atom is 0.306 e. The maximum absolute atomic E-state index is 12.3. The summed E-state index contributed by atoms with van der Waals surface area (Å²) in [5.41, 5.74) is 4.95. The highest BCUT2D eigenvalue weighted by molar-refractivity contribution is 6.00. The van der Waals surface area contributed by atoms with Gasteiger partial charge in [0.15, 0.2) is 0 Å². The molecule has 62 heavy (non-hydrogen) atoms. The lowest BCUT2D eigenvalue weighted by Gasteiger charge is -2.27. The molecule has 9 rings (SSSR count). The van der Waals surface area contributed by atoms with E-state index in [9.17, 15) is 29.7 Å². The molecule has 6 aromatic rings. The van der Waals surface area contributed by atoms with Crippen LogP contribution in [-0.2, 0) is 40.2 Å². The average Bonchev–Trinajstić information content (AvgIpc) is 4.11. The number of nitrogens with one attached hydrogen (secondary N) is 3. The molecular weight excluding hydrogens is 789 g/mol. The highest BCUT2D eigenvalue weighted by Gasteiger charge is 2.33. The Balaban J connectivity index is 1.06. The van der Waals surface area contributed by atoms with Gasteiger partial charge in [-0.15, -0.1) is 0 Å². The van der Waals surface area contributed by atoms with Gasteiger partial charge in [0.2, 0.25) is 0 Å². The van der Waals surface area contributed by atoms with E-state index in [2.05, 4.69) is 45.1 Å². The molecule has 0 amide bonds. The second-order valence-electron chi connectivity index (χ2n) is 17.6. The first-order valence-electron chi connectivity index (χ1n) is 22.3. The predicted molar refractivity (Wildman–Crippen MR) is 236 cm³/mol. The van der Waals surface area contributed by atoms with Gasteiger partial charge in [0.25, 0.3) is 0 Å². The van der Waals surface area contributed by atoms with Gasteiger partial charge in [0.1, 0.15) is 34.0 Å². The number of fused-ring (bicyclic) bond motifs is 3. The molecule has 3 aliphatic heterocycles. The number of benzene rings is 3. The van der Waals surface area contributed by atoms with Crippen molar-refractivity contribution in [3.8, 4) is 0 Å². The van der Waals surface area contributed by atoms with Gasteiger partial charge < -0.3 is 49.4 Å². The molecule has 0 radical (unpaired) electrons. The minimum absolute atomic E-state index is 0.0901. The second kappa shape index (κ2) is 18.4. The number of aryl methyl sites for hydroxylation is 3. The van der Waals surface area contributed by atoms with Crippen LogP contribution in [0.25, 0.3) is 32.9 Å². The first-order valence-corrected chi connectivity index (χ1v) is 22.3. The van der Waals surface area contributed by atoms with Crippen LogP contribution in [0.2, 0.25) is 0 Å². The topological polar surface area (TPSA) is 191 Å². The van der Waals surface area contributed by atoms with E-state index in [0.717, 1.165) is 101 Å². The van der Waals surface area contributed by atoms with E-state index >= 15 is 0 Å². The second-order valence-corrected chi connectivity index (χ2v) is 17.6. The van der Waals surface area contributed by atoms with Gasteiger partial charge >= 0.3 is 17.9 Å². The van der Waals surface area contributed by atoms with Crippen LogP contribution in [0.4, 0.5) is 11.4 Å². The van der Waals surface area contributed by atoms with E-state index in [1.54, 1.807) is 0 Å². The van der Waals surface area contributed by atoms with Crippen molar-refractivity contribution in [3.63, 3.8) is 0 Å². The van der Waals surface area contributed by atoms with Gasteiger partial charge in [-0.25, -0.2) is 0 Å². The first-order chi connectivity index (χ1) is 30.2. The zero-order valence-corrected chi connectivity index (χ0v) is 34.9. The third kappa shape index (κ3) is 8.84. The SMILES string of the molecule is O=C(O)[C@@H](CCc1cc2c(CN(c3cccc4oc(CC[C@H](C(=O)O)[C@H]5CCNC5)cc34)c3cccc4oc(CC[C@H](C(=O)O)[C@H]5CCNC5)cc34)cccc2o1)[C@H]1CCNC1. The maximum atomic E-state index is 12.3. The van der Waals surface area contributed by atoms with Crippen molar-refractivity contribution in [1.82, 2.24) is 16.0 Å². The Bertz CT molecular complexity index is 2420. The Morgan fingerprint density at radius 3 is 1.29 bits per heavy atom. The molecule has 3 fully saturated rings. The van der Waals surface area contributed by atoms with Crippen molar-refractivity contribution in [2.24, 2.45) is 35.5 Å². The van der Waals surface area contributed by atoms with Gasteiger partial charge in [0, 0.05) is 42.0 Å². The number of carbonyl (C=O) groups is 3. The molecule has 6 atom stereocenters. The zero-order chi connectivity index (χ0) is 42.7. The normalized spacial score (nSPS) is 20.6. The van der Waals surface area contributed by atoms with E-state index in [0.29, 0.717) is 69.3 Å². The number of aliphatic carboxylic acids is 3. The molecule has 6 heterocycles. The zero-order valence-electron chi connectivity index (χ0n) is 34.9. The van der Waals surface area contributed by atoms with Crippen LogP contribution in [0, 0.1) is 35.5 Å². The molecule has 0 aliphatic carbocycles. The lowest BCUT2D eigenvalue weighted by molar-refractivity contribution is -0.144. The van der Waals surface area contributed by atoms with Crippen LogP contribution >= 0.6 is 0 Å². The molecule has 0 bridgehead atoms. The fraction of sp³-hybridized carbons (Fsp3) is 0.449. The van der Waals surface area contributed by atoms with Gasteiger partial charge in [-0.1, -0.05) is 24.3 Å². The van der Waals surface area contributed by atoms with Crippen LogP contribution in [0.1, 0.15) is 61.4 Å². The lowest BCUT2D eigenvalue weighted by Crippen LogP contribution is -2.26. The number of hydrogen-bond donors (Lipinski definition) is 6. The number of furan rings is 3. The molecular formula is C49H56N4O9. The standard InChI is InChI=1S/C49H56N4O9/c54-47(55)36(29-16-19-50-25-29)13-10-33-22-39-32(4-1-7-44(39)60-33)28-53(42-5-2-8-45-40(42)23-34(61-45)11-14-37(48(56)57)30-17-20-51-26-30)43-6-3-9-46-41(43)24-35(62-46)12-15-38(49(58)59)31-18-21-52-27-31/h1-9,22-24,29-31,36-38,50-52H,10-21,25-28H2,(H,54,55)(H,56,57)(H,58,59)/t29-,30-,31-,36-,37-,38-/m0/s1. The van der Waals surface area contributed by atoms with Gasteiger partial charge in [0.05, 0.1) is 29.1 Å². The highest BCUT2D eigenvalue weighted by atomic mass is 16.4. The molecule has 3 saturated heterocycles. The number of anilines is 2. The predicted octanol–water partition coefficient (Wildman–Crippen LogP) is 7.99. The van der Waals surface area contributed by atoms with E-state index in [-0.39, 0.29) is 17.8 Å². The summed E-state index contributed by atoms with van der Waals surface area (Å²) >= 11 is 0. The Morgan fingerprint density at radius 1 is 0.548 bits per heavy atom. The van der Waals surface area contributed by atoms with Crippen molar-refractivity contribution >= 4 is 62.2 Å². The van der Waals surface area contributed by atoms with Crippen LogP contribution < -0.4 is 20.9 Å². The summed E-state index contributed by atoms with van der Waals surface area (Å²) in [7, 11) is 0. The van der Waals surface area contributed by atoms with Crippen molar-refractivity contribution in [3.05, 3.63) is 95.6 Å². The van der Waals surface area contributed by atoms with Crippen LogP contribution in [0.5, 0.6) is 0 Å². The van der Waals surface area contributed by atoms with Crippen molar-refractivity contribution in [2.45, 2.75) is 64.3 Å². The summed E-state index contributed by atoms with van der Waals surface area (Å²) < 4.78 is 19.3. The Kier molecular flexibility index (Phi) is 12.4. The highest BCUT2D eigenvalue weighted by Crippen LogP contribution is 2.41. The Hall–Kier alpha value is -5.63. The summed E-state index contributed by atoms with van der Waals surface area (Å²) in [4.78, 5) is 39.2. The molecule has 13 nitrogen and oxygen atoms in total. The number of rotatable bonds is 19. The molecule has 326 valence electrons. The van der Waals surface area contributed by atoms with Crippen LogP contribution in [0.3, 0.4) is 0 Å². The quantitative estimate of drug-likeness (QED) is 0.0461. The number of carboxylic acid groups (broad SMARTS) is 3. The van der Waals surface area contributed by atoms with Gasteiger partial charge in [-0.3, -0.25) is 14.4 Å². The van der Waals surface area contributed by atoms with Crippen molar-refractivity contribution in [2.75, 3.05) is 44.2 Å². The number of hydrogen-bond acceptors (Lipinski definition) is 10. The molecule has 3 aromatic heterocycles. The fourth-order valence-electron chi connectivity index (χ4n) is 10.5. The fourth-order valence-corrected chi connectivity index (χ4v) is 10.5. The molecule has 0 unspecified atom stereocenters. The van der Waals surface area contributed by atoms with E-state index in [1.807, 2.05) is 48.5 Å². The summed E-state index contributed by atoms with van der Waals surface area (Å²) in [6.45, 7) is 5.08. The molecule has 6 N–H and O–H groups in total. The Morgan fingerprint density at radius 2 is 0.919 bits per heavy atom. The largest absolute Gasteiger partial charge is 0.481 e. The molecule has 3 aromatic carbocycles.